The molecule has 0 saturated heterocycles. The Morgan fingerprint density at radius 3 is 2.93 bits per heavy atom. The Kier molecular flexibility index (Phi) is 6.77. The Balaban J connectivity index is 1.66. The Morgan fingerprint density at radius 2 is 2.23 bits per heavy atom. The lowest BCUT2D eigenvalue weighted by Crippen LogP contribution is -2.37. The molecule has 30 heavy (non-hydrogen) atoms. The molecule has 10 heteroatoms. The Bertz CT molecular complexity index is 1030. The molecule has 3 rings (SSSR count). The van der Waals surface area contributed by atoms with E-state index < -0.39 is 6.09 Å². The first kappa shape index (κ1) is 21.0. The Labute approximate surface area is 176 Å². The molecule has 0 atom stereocenters. The van der Waals surface area contributed by atoms with Gasteiger partial charge in [0.2, 0.25) is 11.8 Å². The van der Waals surface area contributed by atoms with E-state index in [4.69, 9.17) is 5.11 Å². The van der Waals surface area contributed by atoms with Crippen molar-refractivity contribution in [1.29, 1.82) is 5.26 Å². The minimum atomic E-state index is -1.17. The zero-order valence-corrected chi connectivity index (χ0v) is 16.7. The fourth-order valence-electron chi connectivity index (χ4n) is 3.06. The molecule has 1 aliphatic heterocycles. The van der Waals surface area contributed by atoms with Crippen molar-refractivity contribution in [1.82, 2.24) is 15.2 Å². The fraction of sp³-hybridized carbons (Fsp3) is 0.250. The summed E-state index contributed by atoms with van der Waals surface area (Å²) in [4.78, 5) is 41.5. The number of nitrogens with one attached hydrogen (secondary N) is 2. The van der Waals surface area contributed by atoms with Gasteiger partial charge in [-0.3, -0.25) is 14.6 Å². The number of hydrogen-bond acceptors (Lipinski definition) is 6. The van der Waals surface area contributed by atoms with Crippen LogP contribution in [0.15, 0.2) is 30.6 Å². The summed E-state index contributed by atoms with van der Waals surface area (Å²) in [5, 5.41) is 23.5. The van der Waals surface area contributed by atoms with Crippen LogP contribution in [0.3, 0.4) is 0 Å². The van der Waals surface area contributed by atoms with Crippen LogP contribution in [0.4, 0.5) is 9.80 Å². The fourth-order valence-corrected chi connectivity index (χ4v) is 4.27. The quantitative estimate of drug-likeness (QED) is 0.607. The molecular weight excluding hydrogens is 406 g/mol. The first-order valence-electron chi connectivity index (χ1n) is 9.16. The molecule has 2 aromatic heterocycles. The molecular formula is C20H19N5O4S. The number of anilines is 1. The number of carbonyl (C=O) groups excluding carboxylic acids is 2. The zero-order chi connectivity index (χ0) is 21.5. The van der Waals surface area contributed by atoms with Gasteiger partial charge in [0.25, 0.3) is 0 Å². The maximum absolute atomic E-state index is 12.3. The van der Waals surface area contributed by atoms with Gasteiger partial charge in [-0.05, 0) is 29.7 Å². The van der Waals surface area contributed by atoms with E-state index in [-0.39, 0.29) is 24.8 Å². The molecule has 0 radical (unpaired) electrons. The van der Waals surface area contributed by atoms with E-state index in [0.717, 1.165) is 16.0 Å². The molecule has 0 bridgehead atoms. The number of carboxylic acid groups (broad SMARTS) is 1. The third kappa shape index (κ3) is 5.21. The summed E-state index contributed by atoms with van der Waals surface area (Å²) in [5.41, 5.74) is 2.06. The topological polar surface area (TPSA) is 135 Å². The summed E-state index contributed by atoms with van der Waals surface area (Å²) in [7, 11) is 0. The van der Waals surface area contributed by atoms with Crippen LogP contribution in [0.2, 0.25) is 0 Å². The highest BCUT2D eigenvalue weighted by molar-refractivity contribution is 7.16. The SMILES string of the molecule is N#Cc1c(NC(=O)C=Cc2cccnc2)sc2c1CCN(C(=O)CCNC(=O)O)C2. The summed E-state index contributed by atoms with van der Waals surface area (Å²) in [6.07, 6.45) is 5.69. The van der Waals surface area contributed by atoms with Gasteiger partial charge < -0.3 is 20.6 Å². The van der Waals surface area contributed by atoms with Gasteiger partial charge >= 0.3 is 6.09 Å². The largest absolute Gasteiger partial charge is 0.465 e. The molecule has 0 fully saturated rings. The van der Waals surface area contributed by atoms with E-state index in [0.29, 0.717) is 30.1 Å². The molecule has 3 N–H and O–H groups in total. The van der Waals surface area contributed by atoms with Crippen molar-refractivity contribution >= 4 is 40.3 Å². The second-order valence-corrected chi connectivity index (χ2v) is 7.58. The second kappa shape index (κ2) is 9.67. The average Bonchev–Trinajstić information content (AvgIpc) is 3.08. The molecule has 2 aromatic rings. The minimum absolute atomic E-state index is 0.0516. The van der Waals surface area contributed by atoms with E-state index in [1.165, 1.54) is 17.4 Å². The van der Waals surface area contributed by atoms with Gasteiger partial charge in [-0.25, -0.2) is 4.79 Å². The molecule has 3 amide bonds. The van der Waals surface area contributed by atoms with E-state index in [1.54, 1.807) is 29.4 Å². The summed E-state index contributed by atoms with van der Waals surface area (Å²) in [6.45, 7) is 0.830. The first-order valence-corrected chi connectivity index (χ1v) is 9.98. The molecule has 0 spiro atoms. The highest BCUT2D eigenvalue weighted by Gasteiger charge is 2.27. The number of carbonyl (C=O) groups is 3. The zero-order valence-electron chi connectivity index (χ0n) is 15.9. The summed E-state index contributed by atoms with van der Waals surface area (Å²) in [5.74, 6) is -0.520. The lowest BCUT2D eigenvalue weighted by molar-refractivity contribution is -0.131. The highest BCUT2D eigenvalue weighted by Crippen LogP contribution is 2.36. The van der Waals surface area contributed by atoms with Crippen molar-refractivity contribution in [3.05, 3.63) is 52.2 Å². The molecule has 3 heterocycles. The maximum atomic E-state index is 12.3. The monoisotopic (exact) mass is 425 g/mol. The van der Waals surface area contributed by atoms with E-state index in [9.17, 15) is 19.6 Å². The molecule has 0 unspecified atom stereocenters. The number of pyridine rings is 1. The standard InChI is InChI=1S/C20H19N5O4S/c21-10-15-14-6-9-25(18(27)5-8-23-20(28)29)12-16(14)30-19(15)24-17(26)4-3-13-2-1-7-22-11-13/h1-4,7,11,23H,5-6,8-9,12H2,(H,24,26)(H,28,29). The van der Waals surface area contributed by atoms with Crippen molar-refractivity contribution in [2.75, 3.05) is 18.4 Å². The van der Waals surface area contributed by atoms with Crippen molar-refractivity contribution < 1.29 is 19.5 Å². The van der Waals surface area contributed by atoms with E-state index in [1.807, 2.05) is 6.07 Å². The number of hydrogen-bond donors (Lipinski definition) is 3. The molecule has 154 valence electrons. The van der Waals surface area contributed by atoms with Gasteiger partial charge in [0.1, 0.15) is 11.1 Å². The normalized spacial score (nSPS) is 12.8. The van der Waals surface area contributed by atoms with Crippen LogP contribution < -0.4 is 10.6 Å². The third-order valence-corrected chi connectivity index (χ3v) is 5.62. The summed E-state index contributed by atoms with van der Waals surface area (Å²) >= 11 is 1.28. The van der Waals surface area contributed by atoms with Crippen molar-refractivity contribution in [2.24, 2.45) is 0 Å². The third-order valence-electron chi connectivity index (χ3n) is 4.48. The van der Waals surface area contributed by atoms with Crippen molar-refractivity contribution in [2.45, 2.75) is 19.4 Å². The van der Waals surface area contributed by atoms with E-state index >= 15 is 0 Å². The van der Waals surface area contributed by atoms with Crippen LogP contribution in [-0.4, -0.2) is 46.0 Å². The van der Waals surface area contributed by atoms with E-state index in [2.05, 4.69) is 21.7 Å². The molecule has 9 nitrogen and oxygen atoms in total. The number of amides is 3. The number of nitrogens with zero attached hydrogens (tertiary/aromatic N) is 3. The van der Waals surface area contributed by atoms with Gasteiger partial charge in [-0.2, -0.15) is 5.26 Å². The molecule has 0 aromatic carbocycles. The lowest BCUT2D eigenvalue weighted by atomic mass is 10.0. The number of fused-ring (bicyclic) bond motifs is 1. The molecule has 0 aliphatic carbocycles. The van der Waals surface area contributed by atoms with Gasteiger partial charge in [0.05, 0.1) is 12.1 Å². The number of rotatable bonds is 6. The van der Waals surface area contributed by atoms with Crippen molar-refractivity contribution in [3.63, 3.8) is 0 Å². The Morgan fingerprint density at radius 1 is 1.40 bits per heavy atom. The first-order chi connectivity index (χ1) is 14.5. The van der Waals surface area contributed by atoms with Crippen LogP contribution in [0.1, 0.15) is 28.0 Å². The average molecular weight is 425 g/mol. The van der Waals surface area contributed by atoms with Crippen LogP contribution >= 0.6 is 11.3 Å². The predicted molar refractivity (Wildman–Crippen MR) is 111 cm³/mol. The van der Waals surface area contributed by atoms with Crippen LogP contribution in [0.25, 0.3) is 6.08 Å². The number of aromatic nitrogens is 1. The summed E-state index contributed by atoms with van der Waals surface area (Å²) in [6, 6.07) is 5.74. The smallest absolute Gasteiger partial charge is 0.404 e. The van der Waals surface area contributed by atoms with Crippen LogP contribution in [0.5, 0.6) is 0 Å². The Hall–Kier alpha value is -3.71. The number of thiophene rings is 1. The van der Waals surface area contributed by atoms with Crippen LogP contribution in [-0.2, 0) is 22.6 Å². The van der Waals surface area contributed by atoms with Crippen molar-refractivity contribution in [3.8, 4) is 6.07 Å². The number of nitriles is 1. The molecule has 1 aliphatic rings. The second-order valence-electron chi connectivity index (χ2n) is 6.48. The highest BCUT2D eigenvalue weighted by atomic mass is 32.1. The minimum Gasteiger partial charge on any atom is -0.465 e. The van der Waals surface area contributed by atoms with Gasteiger partial charge in [-0.15, -0.1) is 11.3 Å². The maximum Gasteiger partial charge on any atom is 0.404 e. The lowest BCUT2D eigenvalue weighted by Gasteiger charge is -2.27. The molecule has 0 saturated carbocycles. The summed E-state index contributed by atoms with van der Waals surface area (Å²) < 4.78 is 0. The van der Waals surface area contributed by atoms with Gasteiger partial charge in [-0.1, -0.05) is 6.07 Å². The van der Waals surface area contributed by atoms with Crippen LogP contribution in [0, 0.1) is 11.3 Å². The predicted octanol–water partition coefficient (Wildman–Crippen LogP) is 2.21. The van der Waals surface area contributed by atoms with Gasteiger partial charge in [0, 0.05) is 42.9 Å². The van der Waals surface area contributed by atoms with Gasteiger partial charge in [0.15, 0.2) is 0 Å².